The Hall–Kier alpha value is -1.36. The van der Waals surface area contributed by atoms with Crippen LogP contribution in [0.2, 0.25) is 0 Å². The van der Waals surface area contributed by atoms with Crippen molar-refractivity contribution in [1.29, 1.82) is 0 Å². The average Bonchev–Trinajstić information content (AvgIpc) is 3.12. The van der Waals surface area contributed by atoms with Crippen LogP contribution in [0.15, 0.2) is 10.9 Å². The highest BCUT2D eigenvalue weighted by molar-refractivity contribution is 5.40. The highest BCUT2D eigenvalue weighted by atomic mass is 16.3. The van der Waals surface area contributed by atoms with Crippen LogP contribution in [0.3, 0.4) is 0 Å². The monoisotopic (exact) mass is 263 g/mol. The zero-order valence-electron chi connectivity index (χ0n) is 11.1. The van der Waals surface area contributed by atoms with E-state index in [0.29, 0.717) is 18.5 Å². The summed E-state index contributed by atoms with van der Waals surface area (Å²) in [5.74, 6) is 2.00. The van der Waals surface area contributed by atoms with Crippen LogP contribution in [0.4, 0.5) is 5.82 Å². The van der Waals surface area contributed by atoms with Crippen LogP contribution in [-0.4, -0.2) is 34.3 Å². The van der Waals surface area contributed by atoms with Gasteiger partial charge in [0, 0.05) is 24.6 Å². The molecule has 0 atom stereocenters. The molecule has 104 valence electrons. The van der Waals surface area contributed by atoms with Crippen molar-refractivity contribution < 1.29 is 5.11 Å². The van der Waals surface area contributed by atoms with Gasteiger partial charge in [-0.2, -0.15) is 0 Å². The first-order valence-electron chi connectivity index (χ1n) is 7.26. The lowest BCUT2D eigenvalue weighted by molar-refractivity contribution is 0.296. The molecule has 0 amide bonds. The Morgan fingerprint density at radius 1 is 1.32 bits per heavy atom. The minimum atomic E-state index is -0.0761. The number of hydrogen-bond acceptors (Lipinski definition) is 4. The van der Waals surface area contributed by atoms with Crippen molar-refractivity contribution in [2.75, 3.05) is 18.1 Å². The van der Waals surface area contributed by atoms with Gasteiger partial charge in [0.25, 0.3) is 5.56 Å². The summed E-state index contributed by atoms with van der Waals surface area (Å²) >= 11 is 0. The first kappa shape index (κ1) is 12.7. The summed E-state index contributed by atoms with van der Waals surface area (Å²) in [6.07, 6.45) is 6.96. The highest BCUT2D eigenvalue weighted by Crippen LogP contribution is 2.38. The number of hydrogen-bond donors (Lipinski definition) is 2. The SMILES string of the molecule is O=c1cc(N(CCO)C2CCCC2)nc(C2CC2)[nH]1. The molecular formula is C14H21N3O2. The van der Waals surface area contributed by atoms with Gasteiger partial charge in [-0.15, -0.1) is 0 Å². The molecule has 0 unspecified atom stereocenters. The minimum Gasteiger partial charge on any atom is -0.395 e. The van der Waals surface area contributed by atoms with Gasteiger partial charge in [0.05, 0.1) is 6.61 Å². The molecule has 2 aliphatic rings. The van der Waals surface area contributed by atoms with Crippen LogP contribution in [0.5, 0.6) is 0 Å². The molecule has 19 heavy (non-hydrogen) atoms. The molecule has 0 radical (unpaired) electrons. The van der Waals surface area contributed by atoms with E-state index in [0.717, 1.165) is 37.3 Å². The maximum atomic E-state index is 11.8. The van der Waals surface area contributed by atoms with E-state index in [-0.39, 0.29) is 12.2 Å². The Morgan fingerprint density at radius 3 is 2.68 bits per heavy atom. The maximum Gasteiger partial charge on any atom is 0.252 e. The third kappa shape index (κ3) is 2.81. The third-order valence-corrected chi connectivity index (χ3v) is 4.11. The van der Waals surface area contributed by atoms with Gasteiger partial charge >= 0.3 is 0 Å². The Morgan fingerprint density at radius 2 is 2.05 bits per heavy atom. The zero-order valence-corrected chi connectivity index (χ0v) is 11.1. The maximum absolute atomic E-state index is 11.8. The number of aliphatic hydroxyl groups excluding tert-OH is 1. The predicted octanol–water partition coefficient (Wildman–Crippen LogP) is 1.39. The van der Waals surface area contributed by atoms with Crippen molar-refractivity contribution in [3.05, 3.63) is 22.2 Å². The Kier molecular flexibility index (Phi) is 3.55. The van der Waals surface area contributed by atoms with E-state index in [1.165, 1.54) is 12.8 Å². The molecule has 2 N–H and O–H groups in total. The fourth-order valence-electron chi connectivity index (χ4n) is 2.97. The molecule has 0 aliphatic heterocycles. The van der Waals surface area contributed by atoms with Gasteiger partial charge in [-0.25, -0.2) is 4.98 Å². The molecule has 2 saturated carbocycles. The highest BCUT2D eigenvalue weighted by Gasteiger charge is 2.28. The van der Waals surface area contributed by atoms with E-state index in [1.807, 2.05) is 0 Å². The van der Waals surface area contributed by atoms with E-state index in [1.54, 1.807) is 6.07 Å². The Balaban J connectivity index is 1.89. The number of rotatable bonds is 5. The van der Waals surface area contributed by atoms with Crippen molar-refractivity contribution >= 4 is 5.82 Å². The first-order valence-corrected chi connectivity index (χ1v) is 7.26. The number of aliphatic hydroxyl groups is 1. The van der Waals surface area contributed by atoms with Crippen LogP contribution in [0.25, 0.3) is 0 Å². The second-order valence-electron chi connectivity index (χ2n) is 5.62. The molecule has 3 rings (SSSR count). The molecule has 2 aliphatic carbocycles. The molecule has 0 aromatic carbocycles. The molecule has 5 nitrogen and oxygen atoms in total. The first-order chi connectivity index (χ1) is 9.28. The number of aromatic amines is 1. The van der Waals surface area contributed by atoms with E-state index < -0.39 is 0 Å². The molecule has 0 bridgehead atoms. The molecule has 2 fully saturated rings. The lowest BCUT2D eigenvalue weighted by Gasteiger charge is -2.29. The van der Waals surface area contributed by atoms with Gasteiger partial charge < -0.3 is 15.0 Å². The normalized spacial score (nSPS) is 19.8. The summed E-state index contributed by atoms with van der Waals surface area (Å²) in [5, 5.41) is 9.26. The second kappa shape index (κ2) is 5.33. The topological polar surface area (TPSA) is 69.2 Å². The predicted molar refractivity (Wildman–Crippen MR) is 73.5 cm³/mol. The molecule has 1 heterocycles. The molecular weight excluding hydrogens is 242 g/mol. The summed E-state index contributed by atoms with van der Waals surface area (Å²) in [7, 11) is 0. The number of nitrogens with zero attached hydrogens (tertiary/aromatic N) is 2. The van der Waals surface area contributed by atoms with Gasteiger partial charge in [-0.05, 0) is 25.7 Å². The van der Waals surface area contributed by atoms with Crippen LogP contribution < -0.4 is 10.5 Å². The molecule has 1 aromatic heterocycles. The largest absolute Gasteiger partial charge is 0.395 e. The molecule has 1 aromatic rings. The fourth-order valence-corrected chi connectivity index (χ4v) is 2.97. The van der Waals surface area contributed by atoms with Gasteiger partial charge in [-0.1, -0.05) is 12.8 Å². The van der Waals surface area contributed by atoms with Crippen molar-refractivity contribution in [3.8, 4) is 0 Å². The van der Waals surface area contributed by atoms with Crippen LogP contribution in [0.1, 0.15) is 50.3 Å². The standard InChI is InChI=1S/C14H21N3O2/c18-8-7-17(11-3-1-2-4-11)12-9-13(19)16-14(15-12)10-5-6-10/h9-11,18H,1-8H2,(H,15,16,19). The quantitative estimate of drug-likeness (QED) is 0.842. The smallest absolute Gasteiger partial charge is 0.252 e. The second-order valence-corrected chi connectivity index (χ2v) is 5.62. The summed E-state index contributed by atoms with van der Waals surface area (Å²) in [4.78, 5) is 21.4. The third-order valence-electron chi connectivity index (χ3n) is 4.11. The number of H-pyrrole nitrogens is 1. The van der Waals surface area contributed by atoms with Gasteiger partial charge in [-0.3, -0.25) is 4.79 Å². The molecule has 0 saturated heterocycles. The summed E-state index contributed by atoms with van der Waals surface area (Å²) in [6.45, 7) is 0.662. The lowest BCUT2D eigenvalue weighted by Crippen LogP contribution is -2.37. The Bertz CT molecular complexity index is 490. The molecule has 5 heteroatoms. The average molecular weight is 263 g/mol. The van der Waals surface area contributed by atoms with Gasteiger partial charge in [0.2, 0.25) is 0 Å². The van der Waals surface area contributed by atoms with Crippen LogP contribution >= 0.6 is 0 Å². The number of aromatic nitrogens is 2. The fraction of sp³-hybridized carbons (Fsp3) is 0.714. The number of nitrogens with one attached hydrogen (secondary N) is 1. The van der Waals surface area contributed by atoms with E-state index in [4.69, 9.17) is 0 Å². The summed E-state index contributed by atoms with van der Waals surface area (Å²) in [5.41, 5.74) is -0.0761. The zero-order chi connectivity index (χ0) is 13.2. The van der Waals surface area contributed by atoms with E-state index >= 15 is 0 Å². The lowest BCUT2D eigenvalue weighted by atomic mass is 10.2. The van der Waals surface area contributed by atoms with E-state index in [2.05, 4.69) is 14.9 Å². The van der Waals surface area contributed by atoms with Crippen LogP contribution in [0, 0.1) is 0 Å². The van der Waals surface area contributed by atoms with Gasteiger partial charge in [0.1, 0.15) is 11.6 Å². The van der Waals surface area contributed by atoms with E-state index in [9.17, 15) is 9.90 Å². The van der Waals surface area contributed by atoms with Crippen LogP contribution in [-0.2, 0) is 0 Å². The summed E-state index contributed by atoms with van der Waals surface area (Å²) < 4.78 is 0. The van der Waals surface area contributed by atoms with Gasteiger partial charge in [0.15, 0.2) is 0 Å². The number of anilines is 1. The van der Waals surface area contributed by atoms with Crippen molar-refractivity contribution in [1.82, 2.24) is 9.97 Å². The molecule has 0 spiro atoms. The van der Waals surface area contributed by atoms with Crippen molar-refractivity contribution in [2.45, 2.75) is 50.5 Å². The summed E-state index contributed by atoms with van der Waals surface area (Å²) in [6, 6.07) is 1.99. The van der Waals surface area contributed by atoms with Crippen molar-refractivity contribution in [3.63, 3.8) is 0 Å². The Labute approximate surface area is 112 Å². The van der Waals surface area contributed by atoms with Crippen molar-refractivity contribution in [2.24, 2.45) is 0 Å². The minimum absolute atomic E-state index is 0.0761.